The molecule has 1 amide bonds. The first-order valence-corrected chi connectivity index (χ1v) is 8.14. The van der Waals surface area contributed by atoms with E-state index in [-0.39, 0.29) is 24.4 Å². The van der Waals surface area contributed by atoms with Crippen LogP contribution in [0.3, 0.4) is 0 Å². The third-order valence-corrected chi connectivity index (χ3v) is 3.52. The summed E-state index contributed by atoms with van der Waals surface area (Å²) in [6.07, 6.45) is 0. The first-order chi connectivity index (χ1) is 11.7. The van der Waals surface area contributed by atoms with E-state index in [1.807, 2.05) is 44.2 Å². The fourth-order valence-electron chi connectivity index (χ4n) is 2.32. The lowest BCUT2D eigenvalue weighted by atomic mass is 10.1. The van der Waals surface area contributed by atoms with E-state index in [4.69, 9.17) is 15.2 Å². The summed E-state index contributed by atoms with van der Waals surface area (Å²) in [5, 5.41) is 2.86. The standard InChI is InChI=1S/C19H24N2O3.ClH/c1-3-23-17-11-10-15(12-18(17)24-4-2)19(22)21-13-16(20)14-8-6-5-7-9-14;/h5-12,16H,3-4,13,20H2,1-2H3,(H,21,22);1H. The van der Waals surface area contributed by atoms with Crippen molar-refractivity contribution in [2.45, 2.75) is 19.9 Å². The zero-order chi connectivity index (χ0) is 17.4. The molecule has 3 N–H and O–H groups in total. The Morgan fingerprint density at radius 3 is 2.32 bits per heavy atom. The molecule has 0 fully saturated rings. The van der Waals surface area contributed by atoms with Crippen molar-refractivity contribution in [3.8, 4) is 11.5 Å². The van der Waals surface area contributed by atoms with Gasteiger partial charge < -0.3 is 20.5 Å². The minimum Gasteiger partial charge on any atom is -0.490 e. The number of amides is 1. The van der Waals surface area contributed by atoms with Gasteiger partial charge in [-0.3, -0.25) is 4.79 Å². The molecule has 0 spiro atoms. The van der Waals surface area contributed by atoms with Crippen molar-refractivity contribution in [1.82, 2.24) is 5.32 Å². The van der Waals surface area contributed by atoms with Crippen LogP contribution in [-0.2, 0) is 0 Å². The molecule has 2 aromatic carbocycles. The third-order valence-electron chi connectivity index (χ3n) is 3.52. The normalized spacial score (nSPS) is 11.2. The molecule has 0 heterocycles. The van der Waals surface area contributed by atoms with Crippen molar-refractivity contribution in [3.63, 3.8) is 0 Å². The average molecular weight is 365 g/mol. The lowest BCUT2D eigenvalue weighted by Crippen LogP contribution is -2.31. The van der Waals surface area contributed by atoms with Gasteiger partial charge in [0.05, 0.1) is 13.2 Å². The third kappa shape index (κ3) is 5.96. The van der Waals surface area contributed by atoms with Gasteiger partial charge in [-0.05, 0) is 37.6 Å². The Morgan fingerprint density at radius 1 is 1.04 bits per heavy atom. The summed E-state index contributed by atoms with van der Waals surface area (Å²) < 4.78 is 11.0. The number of hydrogen-bond acceptors (Lipinski definition) is 4. The maximum absolute atomic E-state index is 12.3. The summed E-state index contributed by atoms with van der Waals surface area (Å²) in [7, 11) is 0. The van der Waals surface area contributed by atoms with E-state index in [1.54, 1.807) is 18.2 Å². The molecule has 1 atom stereocenters. The number of nitrogens with two attached hydrogens (primary N) is 1. The zero-order valence-electron chi connectivity index (χ0n) is 14.5. The number of hydrogen-bond donors (Lipinski definition) is 2. The number of ether oxygens (including phenoxy) is 2. The highest BCUT2D eigenvalue weighted by molar-refractivity contribution is 5.94. The highest BCUT2D eigenvalue weighted by Crippen LogP contribution is 2.28. The van der Waals surface area contributed by atoms with Crippen LogP contribution >= 0.6 is 12.4 Å². The van der Waals surface area contributed by atoms with Crippen molar-refractivity contribution < 1.29 is 14.3 Å². The summed E-state index contributed by atoms with van der Waals surface area (Å²) in [6.45, 7) is 5.20. The summed E-state index contributed by atoms with van der Waals surface area (Å²) in [5.41, 5.74) is 7.60. The predicted molar refractivity (Wildman–Crippen MR) is 102 cm³/mol. The summed E-state index contributed by atoms with van der Waals surface area (Å²) >= 11 is 0. The van der Waals surface area contributed by atoms with Gasteiger partial charge in [-0.2, -0.15) is 0 Å². The van der Waals surface area contributed by atoms with Crippen LogP contribution in [0.25, 0.3) is 0 Å². The molecule has 0 aromatic heterocycles. The van der Waals surface area contributed by atoms with E-state index >= 15 is 0 Å². The quantitative estimate of drug-likeness (QED) is 0.753. The number of benzene rings is 2. The van der Waals surface area contributed by atoms with Gasteiger partial charge in [-0.1, -0.05) is 30.3 Å². The van der Waals surface area contributed by atoms with Crippen molar-refractivity contribution in [2.75, 3.05) is 19.8 Å². The second kappa shape index (κ2) is 10.6. The number of halogens is 1. The molecule has 0 radical (unpaired) electrons. The highest BCUT2D eigenvalue weighted by atomic mass is 35.5. The van der Waals surface area contributed by atoms with Crippen LogP contribution in [0.2, 0.25) is 0 Å². The molecule has 0 aliphatic rings. The monoisotopic (exact) mass is 364 g/mol. The Hall–Kier alpha value is -2.24. The van der Waals surface area contributed by atoms with E-state index in [1.165, 1.54) is 0 Å². The van der Waals surface area contributed by atoms with Gasteiger partial charge in [0.1, 0.15) is 0 Å². The molecule has 1 unspecified atom stereocenters. The highest BCUT2D eigenvalue weighted by Gasteiger charge is 2.13. The van der Waals surface area contributed by atoms with E-state index in [2.05, 4.69) is 5.32 Å². The topological polar surface area (TPSA) is 73.6 Å². The van der Waals surface area contributed by atoms with Crippen LogP contribution in [0, 0.1) is 0 Å². The minimum atomic E-state index is -0.246. The average Bonchev–Trinajstić information content (AvgIpc) is 2.62. The Bertz CT molecular complexity index is 665. The van der Waals surface area contributed by atoms with Crippen molar-refractivity contribution in [3.05, 3.63) is 59.7 Å². The molecule has 0 saturated carbocycles. The molecule has 25 heavy (non-hydrogen) atoms. The van der Waals surface area contributed by atoms with Gasteiger partial charge in [0.2, 0.25) is 0 Å². The first kappa shape index (κ1) is 20.8. The van der Waals surface area contributed by atoms with Crippen molar-refractivity contribution in [1.29, 1.82) is 0 Å². The second-order valence-electron chi connectivity index (χ2n) is 5.25. The fourth-order valence-corrected chi connectivity index (χ4v) is 2.32. The van der Waals surface area contributed by atoms with Crippen LogP contribution in [-0.4, -0.2) is 25.7 Å². The van der Waals surface area contributed by atoms with Crippen LogP contribution in [0.4, 0.5) is 0 Å². The van der Waals surface area contributed by atoms with Gasteiger partial charge in [0, 0.05) is 18.2 Å². The molecule has 0 aliphatic heterocycles. The molecule has 2 rings (SSSR count). The zero-order valence-corrected chi connectivity index (χ0v) is 15.3. The Balaban J connectivity index is 0.00000312. The Labute approximate surface area is 154 Å². The smallest absolute Gasteiger partial charge is 0.251 e. The van der Waals surface area contributed by atoms with Gasteiger partial charge in [0.25, 0.3) is 5.91 Å². The van der Waals surface area contributed by atoms with Gasteiger partial charge in [-0.15, -0.1) is 12.4 Å². The van der Waals surface area contributed by atoms with Crippen LogP contribution < -0.4 is 20.5 Å². The van der Waals surface area contributed by atoms with Gasteiger partial charge in [-0.25, -0.2) is 0 Å². The second-order valence-corrected chi connectivity index (χ2v) is 5.25. The number of carbonyl (C=O) groups excluding carboxylic acids is 1. The van der Waals surface area contributed by atoms with Crippen molar-refractivity contribution >= 4 is 18.3 Å². The molecular formula is C19H25ClN2O3. The summed E-state index contributed by atoms with van der Waals surface area (Å²) in [4.78, 5) is 12.3. The molecule has 0 bridgehead atoms. The molecule has 2 aromatic rings. The van der Waals surface area contributed by atoms with Gasteiger partial charge >= 0.3 is 0 Å². The Kier molecular flexibility index (Phi) is 8.81. The van der Waals surface area contributed by atoms with E-state index in [0.29, 0.717) is 36.8 Å². The fraction of sp³-hybridized carbons (Fsp3) is 0.316. The van der Waals surface area contributed by atoms with Crippen molar-refractivity contribution in [2.24, 2.45) is 5.73 Å². The molecule has 6 heteroatoms. The number of rotatable bonds is 8. The molecular weight excluding hydrogens is 340 g/mol. The summed E-state index contributed by atoms with van der Waals surface area (Å²) in [5.74, 6) is 1.02. The number of carbonyl (C=O) groups is 1. The van der Waals surface area contributed by atoms with E-state index in [9.17, 15) is 4.79 Å². The molecule has 0 aliphatic carbocycles. The molecule has 0 saturated heterocycles. The summed E-state index contributed by atoms with van der Waals surface area (Å²) in [6, 6.07) is 14.6. The molecule has 136 valence electrons. The minimum absolute atomic E-state index is 0. The maximum atomic E-state index is 12.3. The Morgan fingerprint density at radius 2 is 1.68 bits per heavy atom. The lowest BCUT2D eigenvalue weighted by Gasteiger charge is -2.15. The van der Waals surface area contributed by atoms with Crippen LogP contribution in [0.1, 0.15) is 35.8 Å². The van der Waals surface area contributed by atoms with Crippen LogP contribution in [0.5, 0.6) is 11.5 Å². The van der Waals surface area contributed by atoms with Crippen LogP contribution in [0.15, 0.2) is 48.5 Å². The lowest BCUT2D eigenvalue weighted by molar-refractivity contribution is 0.0950. The van der Waals surface area contributed by atoms with E-state index in [0.717, 1.165) is 5.56 Å². The van der Waals surface area contributed by atoms with Gasteiger partial charge in [0.15, 0.2) is 11.5 Å². The van der Waals surface area contributed by atoms with E-state index < -0.39 is 0 Å². The first-order valence-electron chi connectivity index (χ1n) is 8.14. The predicted octanol–water partition coefficient (Wildman–Crippen LogP) is 3.34. The SMILES string of the molecule is CCOc1ccc(C(=O)NCC(N)c2ccccc2)cc1OCC.Cl. The molecule has 5 nitrogen and oxygen atoms in total. The largest absolute Gasteiger partial charge is 0.490 e. The number of nitrogens with one attached hydrogen (secondary N) is 1. The maximum Gasteiger partial charge on any atom is 0.251 e.